The Morgan fingerprint density at radius 3 is 2.89 bits per heavy atom. The van der Waals surface area contributed by atoms with Crippen molar-refractivity contribution >= 4 is 34.7 Å². The molecular formula is C4H14OSi4. The second kappa shape index (κ2) is 3.67. The Bertz CT molecular complexity index is 109. The zero-order valence-corrected chi connectivity index (χ0v) is 11.4. The Labute approximate surface area is 64.4 Å². The molecular weight excluding hydrogens is 176 g/mol. The molecule has 1 aliphatic heterocycles. The van der Waals surface area contributed by atoms with Crippen molar-refractivity contribution < 1.29 is 4.43 Å². The first kappa shape index (κ1) is 7.67. The van der Waals surface area contributed by atoms with E-state index >= 15 is 0 Å². The predicted octanol–water partition coefficient (Wildman–Crippen LogP) is -2.35. The quantitative estimate of drug-likeness (QED) is 0.421. The molecule has 0 bridgehead atoms. The van der Waals surface area contributed by atoms with Crippen molar-refractivity contribution in [2.24, 2.45) is 0 Å². The van der Waals surface area contributed by atoms with Crippen LogP contribution in [0.1, 0.15) is 6.92 Å². The summed E-state index contributed by atoms with van der Waals surface area (Å²) in [5.74, 6) is 0. The average Bonchev–Trinajstić information content (AvgIpc) is 1.90. The van der Waals surface area contributed by atoms with Gasteiger partial charge in [0.25, 0.3) is 0 Å². The van der Waals surface area contributed by atoms with Crippen molar-refractivity contribution in [3.05, 3.63) is 11.8 Å². The van der Waals surface area contributed by atoms with Gasteiger partial charge >= 0.3 is 0 Å². The molecule has 1 fully saturated rings. The fourth-order valence-electron chi connectivity index (χ4n) is 1.13. The van der Waals surface area contributed by atoms with Crippen LogP contribution in [0.4, 0.5) is 0 Å². The lowest BCUT2D eigenvalue weighted by Crippen LogP contribution is -2.42. The van der Waals surface area contributed by atoms with Crippen molar-refractivity contribution in [2.75, 3.05) is 6.23 Å². The molecule has 1 atom stereocenters. The Balaban J connectivity index is 2.31. The Kier molecular flexibility index (Phi) is 3.13. The first-order chi connectivity index (χ1) is 4.30. The molecule has 0 spiro atoms. The minimum Gasteiger partial charge on any atom is -0.432 e. The molecule has 1 nitrogen and oxygen atoms in total. The topological polar surface area (TPSA) is 9.23 Å². The smallest absolute Gasteiger partial charge is 0.139 e. The molecule has 0 radical (unpaired) electrons. The summed E-state index contributed by atoms with van der Waals surface area (Å²) in [7, 11) is 0.723. The van der Waals surface area contributed by atoms with Crippen LogP contribution in [0.2, 0.25) is 0 Å². The van der Waals surface area contributed by atoms with Crippen LogP contribution < -0.4 is 0 Å². The molecule has 52 valence electrons. The van der Waals surface area contributed by atoms with Gasteiger partial charge in [-0.05, 0) is 6.92 Å². The normalized spacial score (nSPS) is 35.9. The van der Waals surface area contributed by atoms with E-state index in [2.05, 4.69) is 13.5 Å². The summed E-state index contributed by atoms with van der Waals surface area (Å²) in [5, 5.41) is 1.53. The van der Waals surface area contributed by atoms with Gasteiger partial charge in [-0.15, -0.1) is 6.58 Å². The largest absolute Gasteiger partial charge is 0.432 e. The van der Waals surface area contributed by atoms with Gasteiger partial charge < -0.3 is 4.43 Å². The van der Waals surface area contributed by atoms with E-state index in [1.807, 2.05) is 0 Å². The number of allylic oxidation sites excluding steroid dienone is 1. The van der Waals surface area contributed by atoms with Gasteiger partial charge in [-0.25, -0.2) is 0 Å². The number of hydrogen-bond acceptors (Lipinski definition) is 1. The lowest BCUT2D eigenvalue weighted by atomic mass is 10.8. The van der Waals surface area contributed by atoms with E-state index in [1.165, 1.54) is 11.4 Å². The van der Waals surface area contributed by atoms with Gasteiger partial charge in [0.15, 0.2) is 0 Å². The molecule has 0 saturated carbocycles. The van der Waals surface area contributed by atoms with E-state index in [4.69, 9.17) is 4.43 Å². The van der Waals surface area contributed by atoms with Crippen LogP contribution in [0.3, 0.4) is 0 Å². The van der Waals surface area contributed by atoms with Crippen molar-refractivity contribution in [1.29, 1.82) is 0 Å². The maximum atomic E-state index is 5.58. The molecule has 1 rings (SSSR count). The fourth-order valence-corrected chi connectivity index (χ4v) is 43.8. The highest BCUT2D eigenvalue weighted by molar-refractivity contribution is 7.50. The summed E-state index contributed by atoms with van der Waals surface area (Å²) in [6.45, 7) is 6.25. The molecule has 1 heterocycles. The number of hydrogen-bond donors (Lipinski definition) is 0. The summed E-state index contributed by atoms with van der Waals surface area (Å²) >= 11 is 0. The van der Waals surface area contributed by atoms with Gasteiger partial charge in [-0.1, -0.05) is 5.20 Å². The van der Waals surface area contributed by atoms with Crippen molar-refractivity contribution in [3.63, 3.8) is 0 Å². The lowest BCUT2D eigenvalue weighted by Gasteiger charge is -2.19. The monoisotopic (exact) mass is 190 g/mol. The molecule has 1 saturated heterocycles. The van der Waals surface area contributed by atoms with E-state index in [9.17, 15) is 0 Å². The van der Waals surface area contributed by atoms with E-state index in [0.29, 0.717) is 17.1 Å². The third-order valence-corrected chi connectivity index (χ3v) is 37.7. The van der Waals surface area contributed by atoms with Crippen LogP contribution in [-0.2, 0) is 4.43 Å². The summed E-state index contributed by atoms with van der Waals surface area (Å²) in [4.78, 5) is 0. The molecule has 9 heavy (non-hydrogen) atoms. The summed E-state index contributed by atoms with van der Waals surface area (Å²) < 4.78 is 5.58. The second-order valence-corrected chi connectivity index (χ2v) is 27.2. The molecule has 0 aromatic heterocycles. The highest BCUT2D eigenvalue weighted by atomic mass is 29.7. The minimum absolute atomic E-state index is 0.139. The van der Waals surface area contributed by atoms with Gasteiger partial charge in [0.1, 0.15) is 9.28 Å². The lowest BCUT2D eigenvalue weighted by molar-refractivity contribution is 0.418. The number of rotatable bonds is 1. The van der Waals surface area contributed by atoms with Crippen LogP contribution in [0.15, 0.2) is 11.8 Å². The minimum atomic E-state index is -0.381. The second-order valence-electron chi connectivity index (χ2n) is 2.76. The molecule has 1 aliphatic rings. The summed E-state index contributed by atoms with van der Waals surface area (Å²) in [6, 6.07) is 0. The summed E-state index contributed by atoms with van der Waals surface area (Å²) in [6.07, 6.45) is 1.20. The van der Waals surface area contributed by atoms with Crippen molar-refractivity contribution in [3.8, 4) is 0 Å². The summed E-state index contributed by atoms with van der Waals surface area (Å²) in [5.41, 5.74) is 0. The third kappa shape index (κ3) is 2.34. The highest BCUT2D eigenvalue weighted by Gasteiger charge is 2.16. The van der Waals surface area contributed by atoms with Crippen LogP contribution >= 0.6 is 0 Å². The molecule has 0 aliphatic carbocycles. The van der Waals surface area contributed by atoms with Gasteiger partial charge in [-0.3, -0.25) is 0 Å². The van der Waals surface area contributed by atoms with E-state index in [1.54, 1.807) is 0 Å². The zero-order chi connectivity index (χ0) is 6.69. The van der Waals surface area contributed by atoms with E-state index in [0.717, 1.165) is 0 Å². The molecule has 1 unspecified atom stereocenters. The molecule has 0 aromatic carbocycles. The van der Waals surface area contributed by atoms with Gasteiger partial charge in [0, 0.05) is 23.3 Å². The van der Waals surface area contributed by atoms with Crippen LogP contribution in [0.5, 0.6) is 0 Å². The highest BCUT2D eigenvalue weighted by Crippen LogP contribution is 1.97. The first-order valence-corrected chi connectivity index (χ1v) is 16.8. The van der Waals surface area contributed by atoms with Crippen LogP contribution in [0, 0.1) is 0 Å². The van der Waals surface area contributed by atoms with Crippen molar-refractivity contribution in [1.82, 2.24) is 0 Å². The van der Waals surface area contributed by atoms with E-state index < -0.39 is 0 Å². The maximum absolute atomic E-state index is 5.58. The van der Waals surface area contributed by atoms with Crippen LogP contribution in [0.25, 0.3) is 0 Å². The van der Waals surface area contributed by atoms with Gasteiger partial charge in [0.05, 0.1) is 8.31 Å². The van der Waals surface area contributed by atoms with Gasteiger partial charge in [-0.2, -0.15) is 0 Å². The van der Waals surface area contributed by atoms with Gasteiger partial charge in [0.2, 0.25) is 0 Å². The van der Waals surface area contributed by atoms with Crippen LogP contribution in [-0.4, -0.2) is 40.9 Å². The SMILES string of the molecule is C=C(C)[SiH]1CO[SiH2][SiH2][SiH2]1. The van der Waals surface area contributed by atoms with Crippen molar-refractivity contribution in [2.45, 2.75) is 6.92 Å². The molecule has 0 aromatic rings. The third-order valence-electron chi connectivity index (χ3n) is 1.86. The Morgan fingerprint density at radius 1 is 1.78 bits per heavy atom. The van der Waals surface area contributed by atoms with E-state index in [-0.39, 0.29) is 17.6 Å². The molecule has 0 N–H and O–H groups in total. The predicted molar refractivity (Wildman–Crippen MR) is 53.5 cm³/mol. The Hall–Kier alpha value is 0.568. The average molecular weight is 190 g/mol. The standard InChI is InChI=1S/C4H14OSi4/c1-4(2)9-3-5-6-7-8-9/h9H,1,3,6-8H2,2H3. The molecule has 0 amide bonds. The Morgan fingerprint density at radius 2 is 2.56 bits per heavy atom. The molecule has 5 heteroatoms. The first-order valence-electron chi connectivity index (χ1n) is 3.54. The zero-order valence-electron chi connectivity index (χ0n) is 6.02. The fraction of sp³-hybridized carbons (Fsp3) is 0.500. The maximum Gasteiger partial charge on any atom is 0.139 e.